The molecule has 3 heterocycles. The van der Waals surface area contributed by atoms with Crippen LogP contribution in [0.15, 0.2) is 18.5 Å². The van der Waals surface area contributed by atoms with Gasteiger partial charge in [0, 0.05) is 25.8 Å². The smallest absolute Gasteiger partial charge is 0.227 e. The van der Waals surface area contributed by atoms with Crippen molar-refractivity contribution in [1.29, 1.82) is 0 Å². The molecule has 9 nitrogen and oxygen atoms in total. The highest BCUT2D eigenvalue weighted by molar-refractivity contribution is 5.77. The summed E-state index contributed by atoms with van der Waals surface area (Å²) < 4.78 is 5.31. The van der Waals surface area contributed by atoms with Crippen LogP contribution in [-0.2, 0) is 18.3 Å². The van der Waals surface area contributed by atoms with E-state index in [2.05, 4.69) is 39.4 Å². The average Bonchev–Trinajstić information content (AvgIpc) is 3.25. The number of carbonyl (C=O) groups excluding carboxylic acids is 1. The fourth-order valence-electron chi connectivity index (χ4n) is 2.64. The van der Waals surface area contributed by atoms with Crippen molar-refractivity contribution in [1.82, 2.24) is 39.6 Å². The molecule has 3 aromatic rings. The van der Waals surface area contributed by atoms with E-state index in [1.165, 1.54) is 0 Å². The standard InChI is InChI=1S/C16H22N8O/c1-10(2)23-11(3)6-13(20-23)16-19-14(7-15(25)17-4)21-24(16)12-8-18-22(5)9-12/h6,8-10H,7H2,1-5H3,(H,17,25). The molecule has 1 N–H and O–H groups in total. The molecule has 0 saturated carbocycles. The van der Waals surface area contributed by atoms with Gasteiger partial charge in [-0.2, -0.15) is 10.2 Å². The molecule has 0 fully saturated rings. The molecule has 0 atom stereocenters. The zero-order valence-corrected chi connectivity index (χ0v) is 15.1. The minimum atomic E-state index is -0.140. The van der Waals surface area contributed by atoms with Gasteiger partial charge in [0.15, 0.2) is 11.6 Å². The highest BCUT2D eigenvalue weighted by atomic mass is 16.1. The average molecular weight is 342 g/mol. The summed E-state index contributed by atoms with van der Waals surface area (Å²) in [5, 5.41) is 15.9. The molecule has 0 radical (unpaired) electrons. The fraction of sp³-hybridized carbons (Fsp3) is 0.438. The van der Waals surface area contributed by atoms with Crippen LogP contribution in [0.4, 0.5) is 0 Å². The van der Waals surface area contributed by atoms with Crippen molar-refractivity contribution in [2.45, 2.75) is 33.2 Å². The minimum absolute atomic E-state index is 0.112. The van der Waals surface area contributed by atoms with Gasteiger partial charge in [0.2, 0.25) is 5.91 Å². The number of hydrogen-bond acceptors (Lipinski definition) is 5. The molecule has 1 amide bonds. The number of aromatic nitrogens is 7. The fourth-order valence-corrected chi connectivity index (χ4v) is 2.64. The normalized spacial score (nSPS) is 11.3. The van der Waals surface area contributed by atoms with Crippen molar-refractivity contribution in [3.8, 4) is 17.2 Å². The van der Waals surface area contributed by atoms with Crippen LogP contribution < -0.4 is 5.32 Å². The lowest BCUT2D eigenvalue weighted by Gasteiger charge is -2.07. The zero-order valence-electron chi connectivity index (χ0n) is 15.1. The molecule has 0 bridgehead atoms. The summed E-state index contributed by atoms with van der Waals surface area (Å²) in [7, 11) is 3.43. The SMILES string of the molecule is CNC(=O)Cc1nc(-c2cc(C)n(C(C)C)n2)n(-c2cnn(C)c2)n1. The Balaban J connectivity index is 2.10. The van der Waals surface area contributed by atoms with E-state index in [1.807, 2.05) is 30.9 Å². The summed E-state index contributed by atoms with van der Waals surface area (Å²) in [6.07, 6.45) is 3.66. The summed E-state index contributed by atoms with van der Waals surface area (Å²) in [6, 6.07) is 2.22. The molecule has 0 aliphatic rings. The van der Waals surface area contributed by atoms with Gasteiger partial charge in [-0.05, 0) is 26.8 Å². The van der Waals surface area contributed by atoms with E-state index in [0.717, 1.165) is 11.4 Å². The topological polar surface area (TPSA) is 95.5 Å². The van der Waals surface area contributed by atoms with E-state index in [4.69, 9.17) is 0 Å². The van der Waals surface area contributed by atoms with Gasteiger partial charge in [0.25, 0.3) is 0 Å². The van der Waals surface area contributed by atoms with Crippen molar-refractivity contribution in [2.75, 3.05) is 7.05 Å². The van der Waals surface area contributed by atoms with Crippen molar-refractivity contribution in [2.24, 2.45) is 7.05 Å². The first-order chi connectivity index (χ1) is 11.9. The first kappa shape index (κ1) is 16.9. The van der Waals surface area contributed by atoms with Gasteiger partial charge in [-0.1, -0.05) is 0 Å². The van der Waals surface area contributed by atoms with E-state index in [1.54, 1.807) is 22.6 Å². The minimum Gasteiger partial charge on any atom is -0.359 e. The largest absolute Gasteiger partial charge is 0.359 e. The number of aryl methyl sites for hydroxylation is 2. The number of carbonyl (C=O) groups is 1. The van der Waals surface area contributed by atoms with Crippen molar-refractivity contribution >= 4 is 5.91 Å². The first-order valence-corrected chi connectivity index (χ1v) is 8.11. The van der Waals surface area contributed by atoms with Gasteiger partial charge >= 0.3 is 0 Å². The Morgan fingerprint density at radius 1 is 1.32 bits per heavy atom. The van der Waals surface area contributed by atoms with Gasteiger partial charge in [-0.25, -0.2) is 9.67 Å². The molecule has 25 heavy (non-hydrogen) atoms. The number of nitrogens with zero attached hydrogens (tertiary/aromatic N) is 7. The Kier molecular flexibility index (Phi) is 4.39. The van der Waals surface area contributed by atoms with Crippen molar-refractivity contribution in [3.63, 3.8) is 0 Å². The number of rotatable bonds is 5. The molecule has 3 aromatic heterocycles. The maximum absolute atomic E-state index is 11.7. The van der Waals surface area contributed by atoms with Crippen LogP contribution in [0.1, 0.15) is 31.4 Å². The maximum Gasteiger partial charge on any atom is 0.227 e. The quantitative estimate of drug-likeness (QED) is 0.747. The van der Waals surface area contributed by atoms with Gasteiger partial charge in [0.1, 0.15) is 11.4 Å². The first-order valence-electron chi connectivity index (χ1n) is 8.11. The molecule has 3 rings (SSSR count). The van der Waals surface area contributed by atoms with E-state index >= 15 is 0 Å². The van der Waals surface area contributed by atoms with Crippen LogP contribution in [0.2, 0.25) is 0 Å². The predicted molar refractivity (Wildman–Crippen MR) is 92.2 cm³/mol. The van der Waals surface area contributed by atoms with Gasteiger partial charge < -0.3 is 5.32 Å². The Morgan fingerprint density at radius 3 is 2.64 bits per heavy atom. The van der Waals surface area contributed by atoms with Gasteiger partial charge in [-0.3, -0.25) is 14.2 Å². The van der Waals surface area contributed by atoms with Gasteiger partial charge in [0.05, 0.1) is 18.8 Å². The summed E-state index contributed by atoms with van der Waals surface area (Å²) in [5.41, 5.74) is 2.52. The highest BCUT2D eigenvalue weighted by Gasteiger charge is 2.20. The molecular formula is C16H22N8O. The molecule has 0 unspecified atom stereocenters. The Labute approximate surface area is 145 Å². The lowest BCUT2D eigenvalue weighted by Crippen LogP contribution is -2.20. The van der Waals surface area contributed by atoms with E-state index in [0.29, 0.717) is 17.3 Å². The molecule has 0 aliphatic heterocycles. The lowest BCUT2D eigenvalue weighted by molar-refractivity contribution is -0.120. The van der Waals surface area contributed by atoms with Crippen LogP contribution in [0, 0.1) is 6.92 Å². The zero-order chi connectivity index (χ0) is 18.1. The second-order valence-electron chi connectivity index (χ2n) is 6.19. The monoisotopic (exact) mass is 342 g/mol. The number of nitrogens with one attached hydrogen (secondary N) is 1. The molecule has 0 saturated heterocycles. The number of hydrogen-bond donors (Lipinski definition) is 1. The van der Waals surface area contributed by atoms with Crippen LogP contribution in [0.25, 0.3) is 17.2 Å². The second-order valence-corrected chi connectivity index (χ2v) is 6.19. The summed E-state index contributed by atoms with van der Waals surface area (Å²) in [6.45, 7) is 6.16. The Morgan fingerprint density at radius 2 is 2.08 bits per heavy atom. The summed E-state index contributed by atoms with van der Waals surface area (Å²) >= 11 is 0. The van der Waals surface area contributed by atoms with Crippen LogP contribution in [0.5, 0.6) is 0 Å². The van der Waals surface area contributed by atoms with Crippen LogP contribution in [0.3, 0.4) is 0 Å². The van der Waals surface area contributed by atoms with Gasteiger partial charge in [-0.15, -0.1) is 5.10 Å². The third-order valence-corrected chi connectivity index (χ3v) is 3.83. The third kappa shape index (κ3) is 3.30. The number of likely N-dealkylation sites (N-methyl/N-ethyl adjacent to an activating group) is 1. The number of amides is 1. The lowest BCUT2D eigenvalue weighted by atomic mass is 10.3. The van der Waals surface area contributed by atoms with Crippen molar-refractivity contribution < 1.29 is 4.79 Å². The summed E-state index contributed by atoms with van der Waals surface area (Å²) in [5.74, 6) is 0.892. The Bertz CT molecular complexity index is 901. The van der Waals surface area contributed by atoms with Crippen LogP contribution >= 0.6 is 0 Å². The molecular weight excluding hydrogens is 320 g/mol. The molecule has 0 spiro atoms. The van der Waals surface area contributed by atoms with Crippen molar-refractivity contribution in [3.05, 3.63) is 30.0 Å². The van der Waals surface area contributed by atoms with Crippen LogP contribution in [-0.4, -0.2) is 47.3 Å². The molecule has 0 aliphatic carbocycles. The second kappa shape index (κ2) is 6.50. The third-order valence-electron chi connectivity index (χ3n) is 3.83. The van der Waals surface area contributed by atoms with E-state index in [-0.39, 0.29) is 18.4 Å². The summed E-state index contributed by atoms with van der Waals surface area (Å²) in [4.78, 5) is 16.2. The van der Waals surface area contributed by atoms with E-state index < -0.39 is 0 Å². The molecule has 0 aromatic carbocycles. The molecule has 132 valence electrons. The molecule has 9 heteroatoms. The maximum atomic E-state index is 11.7. The predicted octanol–water partition coefficient (Wildman–Crippen LogP) is 1.04. The van der Waals surface area contributed by atoms with E-state index in [9.17, 15) is 4.79 Å². The highest BCUT2D eigenvalue weighted by Crippen LogP contribution is 2.22. The Hall–Kier alpha value is -2.97.